The number of carbonyl (C=O) groups is 5. The molecule has 2 aliphatic heterocycles. The summed E-state index contributed by atoms with van der Waals surface area (Å²) < 4.78 is 5.03. The van der Waals surface area contributed by atoms with Crippen molar-refractivity contribution in [3.8, 4) is 0 Å². The fourth-order valence-electron chi connectivity index (χ4n) is 6.07. The Morgan fingerprint density at radius 2 is 1.85 bits per heavy atom. The lowest BCUT2D eigenvalue weighted by Gasteiger charge is -2.38. The molecule has 0 aromatic heterocycles. The fourth-order valence-corrected chi connectivity index (χ4v) is 6.07. The number of nitrogens with zero attached hydrogens (tertiary/aromatic N) is 1. The molecule has 6 atom stereocenters. The van der Waals surface area contributed by atoms with Crippen LogP contribution in [-0.2, 0) is 35.1 Å². The third kappa shape index (κ3) is 7.25. The lowest BCUT2D eigenvalue weighted by molar-refractivity contribution is -0.146. The van der Waals surface area contributed by atoms with E-state index in [9.17, 15) is 24.0 Å². The number of nitrogens with one attached hydrogen (secondary N) is 4. The van der Waals surface area contributed by atoms with Gasteiger partial charge in [-0.25, -0.2) is 0 Å². The molecule has 4 amide bonds. The monoisotopic (exact) mass is 569 g/mol. The summed E-state index contributed by atoms with van der Waals surface area (Å²) in [5.41, 5.74) is 0.765. The zero-order valence-electron chi connectivity index (χ0n) is 24.6. The maximum absolute atomic E-state index is 13.9. The van der Waals surface area contributed by atoms with Gasteiger partial charge >= 0.3 is 5.97 Å². The van der Waals surface area contributed by atoms with Gasteiger partial charge in [0.05, 0.1) is 18.5 Å². The number of cyclic esters (lactones) is 1. The third-order valence-electron chi connectivity index (χ3n) is 8.44. The lowest BCUT2D eigenvalue weighted by atomic mass is 9.85. The molecule has 3 aliphatic rings. The number of hydrogen-bond acceptors (Lipinski definition) is 7. The van der Waals surface area contributed by atoms with Crippen molar-refractivity contribution >= 4 is 35.3 Å². The molecule has 1 aliphatic carbocycles. The molecule has 1 aromatic rings. The summed E-state index contributed by atoms with van der Waals surface area (Å²) in [4.78, 5) is 65.3. The predicted molar refractivity (Wildman–Crippen MR) is 153 cm³/mol. The van der Waals surface area contributed by atoms with Crippen molar-refractivity contribution < 1.29 is 28.7 Å². The van der Waals surface area contributed by atoms with Gasteiger partial charge in [0.15, 0.2) is 6.10 Å². The van der Waals surface area contributed by atoms with Gasteiger partial charge in [-0.3, -0.25) is 24.0 Å². The van der Waals surface area contributed by atoms with Crippen LogP contribution in [0, 0.1) is 11.3 Å². The summed E-state index contributed by atoms with van der Waals surface area (Å²) in [7, 11) is 1.70. The van der Waals surface area contributed by atoms with Crippen LogP contribution in [0.3, 0.4) is 0 Å². The van der Waals surface area contributed by atoms with Crippen molar-refractivity contribution in [2.75, 3.05) is 18.9 Å². The van der Waals surface area contributed by atoms with Crippen LogP contribution in [0.5, 0.6) is 0 Å². The van der Waals surface area contributed by atoms with E-state index in [1.165, 1.54) is 0 Å². The fraction of sp³-hybridized carbons (Fsp3) is 0.633. The first-order valence-electron chi connectivity index (χ1n) is 14.5. The van der Waals surface area contributed by atoms with Crippen molar-refractivity contribution in [2.45, 2.75) is 96.5 Å². The van der Waals surface area contributed by atoms with Crippen molar-refractivity contribution in [3.05, 3.63) is 29.8 Å². The molecular weight excluding hydrogens is 526 g/mol. The molecule has 224 valence electrons. The summed E-state index contributed by atoms with van der Waals surface area (Å²) in [6.45, 7) is 8.18. The van der Waals surface area contributed by atoms with E-state index >= 15 is 0 Å². The number of carbonyl (C=O) groups excluding carboxylic acids is 5. The Bertz CT molecular complexity index is 1180. The first-order valence-corrected chi connectivity index (χ1v) is 14.5. The number of likely N-dealkylation sites (N-methyl/N-ethyl adjacent to an activating group) is 1. The maximum Gasteiger partial charge on any atom is 0.306 e. The number of amides is 4. The SMILES string of the molecule is CNC(C)C(=O)NC(C(=O)N1CCC2CCC(NC(=O)Cc3cccc(NC(=O)C4CCC(=O)O4)c3)C21)C(C)(C)C. The van der Waals surface area contributed by atoms with Gasteiger partial charge in [-0.1, -0.05) is 32.9 Å². The normalized spacial score (nSPS) is 25.2. The molecule has 41 heavy (non-hydrogen) atoms. The number of ether oxygens (including phenoxy) is 1. The van der Waals surface area contributed by atoms with Crippen molar-refractivity contribution in [1.82, 2.24) is 20.9 Å². The van der Waals surface area contributed by atoms with Crippen LogP contribution >= 0.6 is 0 Å². The van der Waals surface area contributed by atoms with Gasteiger partial charge in [-0.05, 0) is 62.3 Å². The van der Waals surface area contributed by atoms with Crippen LogP contribution in [-0.4, -0.2) is 78.4 Å². The number of benzene rings is 1. The largest absolute Gasteiger partial charge is 0.452 e. The van der Waals surface area contributed by atoms with Crippen molar-refractivity contribution in [3.63, 3.8) is 0 Å². The third-order valence-corrected chi connectivity index (χ3v) is 8.44. The summed E-state index contributed by atoms with van der Waals surface area (Å²) in [5, 5.41) is 11.8. The number of hydrogen-bond donors (Lipinski definition) is 4. The zero-order chi connectivity index (χ0) is 29.9. The summed E-state index contributed by atoms with van der Waals surface area (Å²) in [5.74, 6) is -0.957. The summed E-state index contributed by atoms with van der Waals surface area (Å²) in [6.07, 6.45) is 2.49. The van der Waals surface area contributed by atoms with Gasteiger partial charge in [-0.15, -0.1) is 0 Å². The summed E-state index contributed by atoms with van der Waals surface area (Å²) in [6, 6.07) is 5.63. The smallest absolute Gasteiger partial charge is 0.306 e. The van der Waals surface area contributed by atoms with E-state index in [4.69, 9.17) is 4.74 Å². The Balaban J connectivity index is 1.38. The molecule has 11 nitrogen and oxygen atoms in total. The zero-order valence-corrected chi connectivity index (χ0v) is 24.6. The van der Waals surface area contributed by atoms with Crippen LogP contribution in [0.25, 0.3) is 0 Å². The minimum Gasteiger partial charge on any atom is -0.452 e. The Kier molecular flexibility index (Phi) is 9.36. The predicted octanol–water partition coefficient (Wildman–Crippen LogP) is 1.51. The number of likely N-dealkylation sites (tertiary alicyclic amines) is 1. The van der Waals surface area contributed by atoms with Gasteiger partial charge in [0.25, 0.3) is 5.91 Å². The number of esters is 1. The van der Waals surface area contributed by atoms with Crippen LogP contribution in [0.1, 0.15) is 65.4 Å². The van der Waals surface area contributed by atoms with E-state index in [0.717, 1.165) is 24.8 Å². The van der Waals surface area contributed by atoms with E-state index < -0.39 is 23.6 Å². The molecule has 0 spiro atoms. The Labute approximate surface area is 241 Å². The molecule has 3 fully saturated rings. The number of anilines is 1. The summed E-state index contributed by atoms with van der Waals surface area (Å²) >= 11 is 0. The van der Waals surface area contributed by atoms with Gasteiger partial charge in [-0.2, -0.15) is 0 Å². The van der Waals surface area contributed by atoms with Crippen LogP contribution in [0.15, 0.2) is 24.3 Å². The molecule has 0 radical (unpaired) electrons. The molecule has 1 saturated carbocycles. The van der Waals surface area contributed by atoms with E-state index in [1.54, 1.807) is 32.2 Å². The van der Waals surface area contributed by atoms with Crippen molar-refractivity contribution in [1.29, 1.82) is 0 Å². The molecule has 4 rings (SSSR count). The van der Waals surface area contributed by atoms with Crippen LogP contribution in [0.4, 0.5) is 5.69 Å². The first-order chi connectivity index (χ1) is 19.4. The number of fused-ring (bicyclic) bond motifs is 1. The second-order valence-electron chi connectivity index (χ2n) is 12.5. The average Bonchev–Trinajstić information content (AvgIpc) is 3.63. The standard InChI is InChI=1S/C30H43N5O6/c1-17(31-5)27(38)34-26(30(2,3)4)29(40)35-14-13-19-9-10-21(25(19)35)33-23(36)16-18-7-6-8-20(15-18)32-28(39)22-11-12-24(37)41-22/h6-8,15,17,19,21-22,25-26,31H,9-14,16H2,1-5H3,(H,32,39)(H,33,36)(H,34,38). The molecule has 2 heterocycles. The van der Waals surface area contributed by atoms with E-state index in [2.05, 4.69) is 21.3 Å². The van der Waals surface area contributed by atoms with Gasteiger partial charge in [0.2, 0.25) is 17.7 Å². The first kappa shape index (κ1) is 30.5. The molecule has 4 N–H and O–H groups in total. The lowest BCUT2D eigenvalue weighted by Crippen LogP contribution is -2.60. The Morgan fingerprint density at radius 1 is 1.10 bits per heavy atom. The second-order valence-corrected chi connectivity index (χ2v) is 12.5. The van der Waals surface area contributed by atoms with E-state index in [1.807, 2.05) is 31.7 Å². The molecule has 6 unspecified atom stereocenters. The molecule has 2 saturated heterocycles. The Morgan fingerprint density at radius 3 is 2.51 bits per heavy atom. The quantitative estimate of drug-likeness (QED) is 0.330. The van der Waals surface area contributed by atoms with Crippen LogP contribution < -0.4 is 21.3 Å². The highest BCUT2D eigenvalue weighted by Gasteiger charge is 2.49. The molecule has 0 bridgehead atoms. The average molecular weight is 570 g/mol. The molecule has 11 heteroatoms. The van der Waals surface area contributed by atoms with Gasteiger partial charge < -0.3 is 30.9 Å². The maximum atomic E-state index is 13.9. The second kappa shape index (κ2) is 12.6. The highest BCUT2D eigenvalue weighted by molar-refractivity contribution is 5.96. The van der Waals surface area contributed by atoms with Gasteiger partial charge in [0, 0.05) is 31.1 Å². The van der Waals surface area contributed by atoms with Crippen molar-refractivity contribution in [2.24, 2.45) is 11.3 Å². The van der Waals surface area contributed by atoms with E-state index in [0.29, 0.717) is 24.6 Å². The minimum atomic E-state index is -0.792. The topological polar surface area (TPSA) is 146 Å². The highest BCUT2D eigenvalue weighted by atomic mass is 16.6. The molecular formula is C30H43N5O6. The minimum absolute atomic E-state index is 0.112. The van der Waals surface area contributed by atoms with E-state index in [-0.39, 0.29) is 54.5 Å². The Hall–Kier alpha value is -3.47. The molecule has 1 aromatic carbocycles. The van der Waals surface area contributed by atoms with Gasteiger partial charge in [0.1, 0.15) is 6.04 Å². The van der Waals surface area contributed by atoms with Crippen LogP contribution in [0.2, 0.25) is 0 Å². The highest BCUT2D eigenvalue weighted by Crippen LogP contribution is 2.39. The number of rotatable bonds is 9.